The average Bonchev–Trinajstić information content (AvgIpc) is 2.24. The van der Waals surface area contributed by atoms with Crippen LogP contribution in [-0.4, -0.2) is 6.17 Å². The van der Waals surface area contributed by atoms with Crippen molar-refractivity contribution in [1.29, 1.82) is 0 Å². The molecule has 0 nitrogen and oxygen atoms in total. The van der Waals surface area contributed by atoms with E-state index in [0.29, 0.717) is 12.3 Å². The molecule has 0 aliphatic heterocycles. The van der Waals surface area contributed by atoms with Crippen LogP contribution in [0.4, 0.5) is 4.39 Å². The highest BCUT2D eigenvalue weighted by molar-refractivity contribution is 5.14. The van der Waals surface area contributed by atoms with Crippen LogP contribution in [0.1, 0.15) is 66.2 Å². The molecule has 0 heterocycles. The summed E-state index contributed by atoms with van der Waals surface area (Å²) in [5.41, 5.74) is 1.64. The molecule has 0 aromatic carbocycles. The van der Waals surface area contributed by atoms with Crippen molar-refractivity contribution < 1.29 is 4.39 Å². The van der Waals surface area contributed by atoms with E-state index in [1.54, 1.807) is 0 Å². The fraction of sp³-hybridized carbons (Fsp3) is 0.867. The molecule has 0 aromatic heterocycles. The van der Waals surface area contributed by atoms with E-state index in [0.717, 1.165) is 19.3 Å². The number of rotatable bonds is 5. The smallest absolute Gasteiger partial charge is 0.101 e. The molecule has 0 fully saturated rings. The van der Waals surface area contributed by atoms with Crippen LogP contribution in [0.3, 0.4) is 0 Å². The third kappa shape index (κ3) is 3.33. The predicted molar refractivity (Wildman–Crippen MR) is 69.3 cm³/mol. The van der Waals surface area contributed by atoms with Gasteiger partial charge >= 0.3 is 0 Å². The molecule has 0 bridgehead atoms. The Hall–Kier alpha value is -0.330. The van der Waals surface area contributed by atoms with Crippen LogP contribution in [0.5, 0.6) is 0 Å². The van der Waals surface area contributed by atoms with Crippen LogP contribution in [0.15, 0.2) is 11.6 Å². The molecule has 0 unspecified atom stereocenters. The maximum Gasteiger partial charge on any atom is 0.101 e. The summed E-state index contributed by atoms with van der Waals surface area (Å²) in [7, 11) is 0. The summed E-state index contributed by atoms with van der Waals surface area (Å²) < 4.78 is 13.7. The molecule has 1 rings (SSSR count). The van der Waals surface area contributed by atoms with E-state index in [4.69, 9.17) is 0 Å². The third-order valence-corrected chi connectivity index (χ3v) is 4.21. The van der Waals surface area contributed by atoms with Gasteiger partial charge in [0.05, 0.1) is 0 Å². The van der Waals surface area contributed by atoms with E-state index < -0.39 is 6.17 Å². The summed E-state index contributed by atoms with van der Waals surface area (Å²) in [4.78, 5) is 0. The molecule has 16 heavy (non-hydrogen) atoms. The minimum atomic E-state index is -0.621. The summed E-state index contributed by atoms with van der Waals surface area (Å²) in [6.45, 7) is 8.66. The lowest BCUT2D eigenvalue weighted by molar-refractivity contribution is 0.173. The third-order valence-electron chi connectivity index (χ3n) is 4.21. The molecule has 0 aromatic rings. The minimum Gasteiger partial charge on any atom is -0.247 e. The Balaban J connectivity index is 2.80. The second-order valence-electron chi connectivity index (χ2n) is 5.65. The van der Waals surface area contributed by atoms with Crippen LogP contribution >= 0.6 is 0 Å². The number of halogens is 1. The van der Waals surface area contributed by atoms with E-state index in [-0.39, 0.29) is 5.41 Å². The first-order valence-corrected chi connectivity index (χ1v) is 6.86. The largest absolute Gasteiger partial charge is 0.247 e. The van der Waals surface area contributed by atoms with Gasteiger partial charge in [-0.1, -0.05) is 38.8 Å². The maximum atomic E-state index is 13.7. The Labute approximate surface area is 100 Å². The molecule has 1 aliphatic rings. The zero-order chi connectivity index (χ0) is 12.2. The monoisotopic (exact) mass is 226 g/mol. The molecule has 94 valence electrons. The first-order chi connectivity index (χ1) is 7.53. The molecular formula is C15H27F. The molecule has 1 aliphatic carbocycles. The number of alkyl halides is 1. The van der Waals surface area contributed by atoms with E-state index in [1.807, 2.05) is 6.92 Å². The zero-order valence-electron chi connectivity index (χ0n) is 11.4. The molecule has 1 heteroatoms. The normalized spacial score (nSPS) is 32.3. The first kappa shape index (κ1) is 13.7. The van der Waals surface area contributed by atoms with Crippen LogP contribution < -0.4 is 0 Å². The summed E-state index contributed by atoms with van der Waals surface area (Å²) in [5, 5.41) is 0. The molecule has 0 saturated carbocycles. The van der Waals surface area contributed by atoms with Crippen molar-refractivity contribution in [2.45, 2.75) is 72.4 Å². The average molecular weight is 226 g/mol. The van der Waals surface area contributed by atoms with E-state index in [9.17, 15) is 4.39 Å². The number of hydrogen-bond acceptors (Lipinski definition) is 0. The van der Waals surface area contributed by atoms with Crippen LogP contribution in [-0.2, 0) is 0 Å². The first-order valence-electron chi connectivity index (χ1n) is 6.86. The van der Waals surface area contributed by atoms with Gasteiger partial charge in [-0.3, -0.25) is 0 Å². The van der Waals surface area contributed by atoms with Gasteiger partial charge in [-0.25, -0.2) is 4.39 Å². The highest BCUT2D eigenvalue weighted by Crippen LogP contribution is 2.44. The Kier molecular flexibility index (Phi) is 5.01. The van der Waals surface area contributed by atoms with Crippen molar-refractivity contribution >= 4 is 0 Å². The lowest BCUT2D eigenvalue weighted by Gasteiger charge is -2.38. The molecule has 0 amide bonds. The molecule has 3 atom stereocenters. The fourth-order valence-corrected chi connectivity index (χ4v) is 2.97. The van der Waals surface area contributed by atoms with Crippen LogP contribution in [0.2, 0.25) is 0 Å². The Bertz CT molecular complexity index is 244. The molecule has 0 spiro atoms. The van der Waals surface area contributed by atoms with E-state index in [1.165, 1.54) is 18.4 Å². The second-order valence-corrected chi connectivity index (χ2v) is 5.65. The van der Waals surface area contributed by atoms with Gasteiger partial charge in [0.1, 0.15) is 6.17 Å². The SMILES string of the molecule is CCC[C@]1(C[C@@H](F)CC)C=C(C)[C@@H](C)CC1. The predicted octanol–water partition coefficient (Wildman–Crippen LogP) is 5.29. The summed E-state index contributed by atoms with van der Waals surface area (Å²) in [5.74, 6) is 0.699. The number of allylic oxidation sites excluding steroid dienone is 2. The Morgan fingerprint density at radius 3 is 2.69 bits per heavy atom. The Morgan fingerprint density at radius 1 is 1.50 bits per heavy atom. The molecule has 0 saturated heterocycles. The van der Waals surface area contributed by atoms with Crippen molar-refractivity contribution in [2.24, 2.45) is 11.3 Å². The Morgan fingerprint density at radius 2 is 2.19 bits per heavy atom. The van der Waals surface area contributed by atoms with E-state index >= 15 is 0 Å². The van der Waals surface area contributed by atoms with Gasteiger partial charge in [0.2, 0.25) is 0 Å². The van der Waals surface area contributed by atoms with Crippen LogP contribution in [0.25, 0.3) is 0 Å². The van der Waals surface area contributed by atoms with Gasteiger partial charge < -0.3 is 0 Å². The lowest BCUT2D eigenvalue weighted by atomic mass is 9.68. The van der Waals surface area contributed by atoms with Gasteiger partial charge in [0.25, 0.3) is 0 Å². The lowest BCUT2D eigenvalue weighted by Crippen LogP contribution is -2.27. The second kappa shape index (κ2) is 5.84. The standard InChI is InChI=1S/C15H27F/c1-5-8-15(11-14(16)6-2)9-7-12(3)13(4)10-15/h10,12,14H,5-9,11H2,1-4H3/t12-,14-,15+/m0/s1. The fourth-order valence-electron chi connectivity index (χ4n) is 2.97. The minimum absolute atomic E-state index is 0.167. The van der Waals surface area contributed by atoms with Gasteiger partial charge in [-0.15, -0.1) is 0 Å². The van der Waals surface area contributed by atoms with Crippen molar-refractivity contribution in [3.05, 3.63) is 11.6 Å². The topological polar surface area (TPSA) is 0 Å². The van der Waals surface area contributed by atoms with Crippen molar-refractivity contribution in [3.63, 3.8) is 0 Å². The van der Waals surface area contributed by atoms with E-state index in [2.05, 4.69) is 26.8 Å². The summed E-state index contributed by atoms with van der Waals surface area (Å²) in [6.07, 6.45) is 7.90. The molecular weight excluding hydrogens is 199 g/mol. The number of hydrogen-bond donors (Lipinski definition) is 0. The zero-order valence-corrected chi connectivity index (χ0v) is 11.4. The highest BCUT2D eigenvalue weighted by atomic mass is 19.1. The van der Waals surface area contributed by atoms with Gasteiger partial charge in [-0.2, -0.15) is 0 Å². The van der Waals surface area contributed by atoms with Crippen molar-refractivity contribution in [2.75, 3.05) is 0 Å². The van der Waals surface area contributed by atoms with Gasteiger partial charge in [-0.05, 0) is 50.4 Å². The van der Waals surface area contributed by atoms with Crippen molar-refractivity contribution in [1.82, 2.24) is 0 Å². The van der Waals surface area contributed by atoms with Gasteiger partial charge in [0, 0.05) is 0 Å². The van der Waals surface area contributed by atoms with Crippen LogP contribution in [0, 0.1) is 11.3 Å². The van der Waals surface area contributed by atoms with Gasteiger partial charge in [0.15, 0.2) is 0 Å². The summed E-state index contributed by atoms with van der Waals surface area (Å²) >= 11 is 0. The van der Waals surface area contributed by atoms with Crippen molar-refractivity contribution in [3.8, 4) is 0 Å². The maximum absolute atomic E-state index is 13.7. The quantitative estimate of drug-likeness (QED) is 0.559. The summed E-state index contributed by atoms with van der Waals surface area (Å²) in [6, 6.07) is 0. The highest BCUT2D eigenvalue weighted by Gasteiger charge is 2.33. The molecule has 0 N–H and O–H groups in total. The molecule has 0 radical (unpaired) electrons.